The molecule has 0 saturated heterocycles. The van der Waals surface area contributed by atoms with Crippen molar-refractivity contribution in [1.29, 1.82) is 0 Å². The molecule has 18 rings (SSSR count). The van der Waals surface area contributed by atoms with Crippen molar-refractivity contribution in [3.63, 3.8) is 0 Å². The van der Waals surface area contributed by atoms with E-state index in [0.29, 0.717) is 22.8 Å². The van der Waals surface area contributed by atoms with Crippen LogP contribution in [0.2, 0.25) is 69.1 Å². The Labute approximate surface area is 867 Å². The van der Waals surface area contributed by atoms with E-state index >= 15 is 0 Å². The second-order valence-corrected chi connectivity index (χ2v) is 76.3. The molecule has 16 heteroatoms. The summed E-state index contributed by atoms with van der Waals surface area (Å²) in [5.74, 6) is 28.7. The zero-order valence-corrected chi connectivity index (χ0v) is 93.8. The smallest absolute Gasteiger partial charge is 0 e. The van der Waals surface area contributed by atoms with Crippen LogP contribution in [-0.2, 0) is 80.4 Å². The molecule has 8 nitrogen and oxygen atoms in total. The molecule has 0 atom stereocenters. The average molecular weight is 2690 g/mol. The zero-order chi connectivity index (χ0) is 101. The summed E-state index contributed by atoms with van der Waals surface area (Å²) >= 11 is -7.03. The SMILES string of the molecule is [2H]C([2H])([2H])c1cccc(-c2[c-]cccc2)n1.[2H]C([2H])([2H])c1cccc(-c2[c-]cccc2)n1.[2H]C([2H])([2H])c1cccc(-c2[c-]cccc2)n1.[2H]C([2H])([2H])c1cccc(-c2[c-]cccc2)n1.[CH3][Ge]([CH3])([CH3])[c]1ccc(-c2[c-]cc(-c3ccccc3)cc2)nc1.[CH3][Ge]([CH3])([CH3])[c]1ccc(-c2[c-]ccc(-c3ccccc3)c2)nc1.[CH3][Ge]([CH3])([CH3])[c]1ccc(-c2[c-]cccc2)nc1.[CH3][Ge]([CH3])([CH3])[c]1ccnc(-c2[c-]cccc2)c1.[Ir].[Ir].[Ir].[Ir]. The fraction of sp³-hybridized carbons (Fsp3) is 0.138. The molecule has 676 valence electrons. The van der Waals surface area contributed by atoms with Crippen LogP contribution in [0.5, 0.6) is 0 Å². The van der Waals surface area contributed by atoms with Crippen molar-refractivity contribution in [3.8, 4) is 112 Å². The molecule has 0 amide bonds. The molecule has 0 fully saturated rings. The van der Waals surface area contributed by atoms with E-state index in [0.717, 1.165) is 67.3 Å². The van der Waals surface area contributed by atoms with Gasteiger partial charge in [0.15, 0.2) is 0 Å². The van der Waals surface area contributed by atoms with Crippen LogP contribution in [0.3, 0.4) is 0 Å². The van der Waals surface area contributed by atoms with Gasteiger partial charge in [-0.1, -0.05) is 48.5 Å². The molecule has 18 aromatic rings. The normalized spacial score (nSPS) is 12.2. The van der Waals surface area contributed by atoms with Crippen molar-refractivity contribution >= 4 is 70.6 Å². The number of benzene rings is 10. The van der Waals surface area contributed by atoms with Gasteiger partial charge >= 0.3 is 470 Å². The molecule has 0 aliphatic heterocycles. The molecule has 8 heterocycles. The monoisotopic (exact) mass is 2700 g/mol. The van der Waals surface area contributed by atoms with Gasteiger partial charge in [-0.3, -0.25) is 0 Å². The molecule has 0 spiro atoms. The predicted molar refractivity (Wildman–Crippen MR) is 550 cm³/mol. The first-order chi connectivity index (χ1) is 66.5. The molecule has 4 radical (unpaired) electrons. The molecule has 0 N–H and O–H groups in total. The maximum absolute atomic E-state index is 7.29. The molecule has 0 aliphatic rings. The molecule has 10 aromatic carbocycles. The second kappa shape index (κ2) is 55.1. The van der Waals surface area contributed by atoms with Gasteiger partial charge in [-0.2, -0.15) is 0 Å². The number of hydrogen-bond donors (Lipinski definition) is 0. The first-order valence-corrected chi connectivity index (χ1v) is 71.6. The summed E-state index contributed by atoms with van der Waals surface area (Å²) in [4.78, 5) is 34.7. The van der Waals surface area contributed by atoms with E-state index < -0.39 is 80.5 Å². The van der Waals surface area contributed by atoms with E-state index in [1.54, 1.807) is 72.8 Å². The number of rotatable bonds is 14. The summed E-state index contributed by atoms with van der Waals surface area (Å²) in [6.07, 6.45) is 8.06. The van der Waals surface area contributed by atoms with Crippen LogP contribution < -0.4 is 17.6 Å². The molecule has 0 bridgehead atoms. The largest absolute Gasteiger partial charge is 0 e. The van der Waals surface area contributed by atoms with E-state index in [1.807, 2.05) is 158 Å². The van der Waals surface area contributed by atoms with Gasteiger partial charge in [0.25, 0.3) is 0 Å². The van der Waals surface area contributed by atoms with Crippen molar-refractivity contribution in [2.75, 3.05) is 0 Å². The molecule has 0 aliphatic carbocycles. The Hall–Kier alpha value is -9.83. The van der Waals surface area contributed by atoms with E-state index in [4.69, 9.17) is 16.4 Å². The molecule has 8 aromatic heterocycles. The van der Waals surface area contributed by atoms with Gasteiger partial charge in [0, 0.05) is 120 Å². The fourth-order valence-electron chi connectivity index (χ4n) is 12.5. The summed E-state index contributed by atoms with van der Waals surface area (Å²) in [5.41, 5.74) is 19.3. The first kappa shape index (κ1) is 91.3. The Kier molecular flexibility index (Phi) is 38.1. The second-order valence-electron chi connectivity index (χ2n) is 33.7. The van der Waals surface area contributed by atoms with Gasteiger partial charge in [-0.05, 0) is 74.4 Å². The summed E-state index contributed by atoms with van der Waals surface area (Å²) in [6.45, 7) is -8.65. The Balaban J connectivity index is 0.000000223. The summed E-state index contributed by atoms with van der Waals surface area (Å²) < 4.78 is 93.3. The van der Waals surface area contributed by atoms with Crippen LogP contribution in [0.1, 0.15) is 39.2 Å². The number of nitrogens with zero attached hydrogens (tertiary/aromatic N) is 8. The average Bonchev–Trinajstić information content (AvgIpc) is 0.801. The summed E-state index contributed by atoms with van der Waals surface area (Å²) in [7, 11) is 0. The van der Waals surface area contributed by atoms with Crippen LogP contribution in [0.4, 0.5) is 0 Å². The molecular weight excluding hydrogens is 2560 g/mol. The van der Waals surface area contributed by atoms with E-state index in [1.165, 1.54) is 64.1 Å². The third-order valence-corrected chi connectivity index (χ3v) is 36.9. The number of hydrogen-bond acceptors (Lipinski definition) is 8. The number of aryl methyl sites for hydroxylation is 4. The Morgan fingerprint density at radius 3 is 0.788 bits per heavy atom. The van der Waals surface area contributed by atoms with Gasteiger partial charge < -0.3 is 19.9 Å². The van der Waals surface area contributed by atoms with Gasteiger partial charge in [0.1, 0.15) is 0 Å². The maximum Gasteiger partial charge on any atom is 0 e. The van der Waals surface area contributed by atoms with Crippen LogP contribution in [0.25, 0.3) is 112 Å². The summed E-state index contributed by atoms with van der Waals surface area (Å²) in [5, 5.41) is 0. The van der Waals surface area contributed by atoms with E-state index in [2.05, 4.69) is 291 Å². The fourth-order valence-corrected chi connectivity index (χ4v) is 21.4. The van der Waals surface area contributed by atoms with Crippen molar-refractivity contribution < 1.29 is 96.9 Å². The third-order valence-electron chi connectivity index (χ3n) is 19.8. The molecule has 0 unspecified atom stereocenters. The Morgan fingerprint density at radius 1 is 0.205 bits per heavy atom. The topological polar surface area (TPSA) is 103 Å². The quantitative estimate of drug-likeness (QED) is 0.0784. The standard InChI is InChI=1S/2C20H20GeN.2C14H16GeN.4C12H10N.4Ir/c1-21(2,3)19-12-13-20(22-15-19)18-11-7-10-17(14-18)16-8-5-4-6-9-16;1-21(2,3)19-13-14-20(22-15-19)18-11-9-17(10-12-18)16-7-5-4-6-8-16;1-15(2,3)13-9-10-16-14(11-13)12-7-5-4-6-8-12;1-15(2,3)13-9-10-14(16-11-13)12-7-5-4-6-8-12;4*1-10-6-5-9-12(13-10)11-7-3-2-4-8-11;;;;/h4-10,12-15H,1-3H3;4-11,13-15H,1-3H3;2*4-7,9-11H,1-3H3;4*2-7,9H,1H3;;;;/q8*-1;;;;/i;;;;4*1D3;;;;. The van der Waals surface area contributed by atoms with E-state index in [9.17, 15) is 0 Å². The molecular formula is C116H112Ge4Ir4N8-8. The van der Waals surface area contributed by atoms with Gasteiger partial charge in [0.2, 0.25) is 0 Å². The first-order valence-electron chi connectivity index (χ1n) is 48.3. The van der Waals surface area contributed by atoms with Crippen LogP contribution in [-0.4, -0.2) is 92.9 Å². The number of pyridine rings is 8. The Morgan fingerprint density at radius 2 is 0.500 bits per heavy atom. The minimum absolute atomic E-state index is 0. The van der Waals surface area contributed by atoms with Crippen molar-refractivity contribution in [2.45, 2.75) is 96.5 Å². The van der Waals surface area contributed by atoms with E-state index in [-0.39, 0.29) is 103 Å². The minimum atomic E-state index is -2.16. The van der Waals surface area contributed by atoms with Crippen LogP contribution >= 0.6 is 0 Å². The third kappa shape index (κ3) is 35.9. The van der Waals surface area contributed by atoms with Crippen molar-refractivity contribution in [2.24, 2.45) is 0 Å². The minimum Gasteiger partial charge on any atom is 0 e. The summed E-state index contributed by atoms with van der Waals surface area (Å²) in [6, 6.07) is 141. The molecule has 132 heavy (non-hydrogen) atoms. The van der Waals surface area contributed by atoms with Crippen LogP contribution in [0.15, 0.2) is 389 Å². The van der Waals surface area contributed by atoms with Gasteiger partial charge in [-0.25, -0.2) is 0 Å². The van der Waals surface area contributed by atoms with Crippen molar-refractivity contribution in [3.05, 3.63) is 460 Å². The Bertz CT molecular complexity index is 6310. The van der Waals surface area contributed by atoms with Crippen molar-refractivity contribution in [1.82, 2.24) is 39.9 Å². The van der Waals surface area contributed by atoms with Crippen LogP contribution in [0, 0.1) is 75.9 Å². The predicted octanol–water partition coefficient (Wildman–Crippen LogP) is 27.1. The number of aromatic nitrogens is 8. The van der Waals surface area contributed by atoms with Gasteiger partial charge in [-0.15, -0.1) is 144 Å². The molecule has 0 saturated carbocycles. The van der Waals surface area contributed by atoms with Gasteiger partial charge in [0.05, 0.1) is 0 Å². The maximum atomic E-state index is 7.29. The zero-order valence-electron chi connectivity index (χ0n) is 87.9.